The van der Waals surface area contributed by atoms with E-state index < -0.39 is 8.07 Å². The molecular formula is C25H28Si. The number of benzene rings is 3. The maximum atomic E-state index is 2.56. The van der Waals surface area contributed by atoms with E-state index in [1.807, 2.05) is 0 Å². The van der Waals surface area contributed by atoms with Crippen LogP contribution in [-0.4, -0.2) is 8.07 Å². The normalized spacial score (nSPS) is 20.9. The molecule has 0 heterocycles. The topological polar surface area (TPSA) is 0 Å². The van der Waals surface area contributed by atoms with Crippen LogP contribution in [0.1, 0.15) is 27.7 Å². The molecule has 0 bridgehead atoms. The van der Waals surface area contributed by atoms with Crippen molar-refractivity contribution in [1.82, 2.24) is 0 Å². The van der Waals surface area contributed by atoms with Gasteiger partial charge < -0.3 is 0 Å². The van der Waals surface area contributed by atoms with E-state index in [1.54, 1.807) is 10.8 Å². The van der Waals surface area contributed by atoms with Crippen LogP contribution >= 0.6 is 0 Å². The Morgan fingerprint density at radius 1 is 0.769 bits per heavy atom. The van der Waals surface area contributed by atoms with Gasteiger partial charge in [0.2, 0.25) is 0 Å². The predicted molar refractivity (Wildman–Crippen MR) is 119 cm³/mol. The van der Waals surface area contributed by atoms with Gasteiger partial charge in [-0.25, -0.2) is 0 Å². The Balaban J connectivity index is 2.13. The Bertz CT molecular complexity index is 1040. The molecule has 0 aliphatic heterocycles. The molecule has 0 spiro atoms. The Hall–Kier alpha value is -2.12. The average molecular weight is 357 g/mol. The van der Waals surface area contributed by atoms with Crippen LogP contribution in [0.3, 0.4) is 0 Å². The van der Waals surface area contributed by atoms with Gasteiger partial charge in [0.25, 0.3) is 0 Å². The maximum absolute atomic E-state index is 2.56. The SMILES string of the molecule is CC1=CC(C)([Si](C)(C)c2c3ccccc3cc3ccccc23)C(C)=C1C. The molecule has 0 N–H and O–H groups in total. The lowest BCUT2D eigenvalue weighted by atomic mass is 10.0. The molecular weight excluding hydrogens is 328 g/mol. The lowest BCUT2D eigenvalue weighted by Gasteiger charge is -2.42. The summed E-state index contributed by atoms with van der Waals surface area (Å²) in [5, 5.41) is 7.35. The molecule has 1 aliphatic rings. The molecule has 0 fully saturated rings. The lowest BCUT2D eigenvalue weighted by molar-refractivity contribution is 0.859. The summed E-state index contributed by atoms with van der Waals surface area (Å²) < 4.78 is 0. The second-order valence-electron chi connectivity index (χ2n) is 8.60. The molecule has 0 aromatic heterocycles. The summed E-state index contributed by atoms with van der Waals surface area (Å²) in [7, 11) is -1.88. The molecule has 1 aliphatic carbocycles. The van der Waals surface area contributed by atoms with Gasteiger partial charge in [-0.15, -0.1) is 0 Å². The van der Waals surface area contributed by atoms with E-state index in [0.717, 1.165) is 0 Å². The Morgan fingerprint density at radius 3 is 1.73 bits per heavy atom. The minimum atomic E-state index is -1.88. The number of rotatable bonds is 2. The quantitative estimate of drug-likeness (QED) is 0.344. The number of fused-ring (bicyclic) bond motifs is 2. The molecule has 0 radical (unpaired) electrons. The number of hydrogen-bond acceptors (Lipinski definition) is 0. The fourth-order valence-corrected chi connectivity index (χ4v) is 8.95. The summed E-state index contributed by atoms with van der Waals surface area (Å²) in [6.45, 7) is 14.5. The number of hydrogen-bond donors (Lipinski definition) is 0. The first-order chi connectivity index (χ1) is 12.3. The van der Waals surface area contributed by atoms with Gasteiger partial charge in [-0.05, 0) is 59.1 Å². The highest BCUT2D eigenvalue weighted by Gasteiger charge is 2.48. The summed E-state index contributed by atoms with van der Waals surface area (Å²) in [6.07, 6.45) is 2.56. The summed E-state index contributed by atoms with van der Waals surface area (Å²) in [4.78, 5) is 0. The molecule has 0 saturated carbocycles. The molecule has 3 aromatic rings. The smallest absolute Gasteiger partial charge is 0.0737 e. The van der Waals surface area contributed by atoms with Crippen LogP contribution < -0.4 is 5.19 Å². The highest BCUT2D eigenvalue weighted by Crippen LogP contribution is 2.53. The summed E-state index contributed by atoms with van der Waals surface area (Å²) in [5.41, 5.74) is 4.50. The highest BCUT2D eigenvalue weighted by molar-refractivity contribution is 6.96. The molecule has 1 atom stereocenters. The minimum Gasteiger partial charge on any atom is -0.0737 e. The van der Waals surface area contributed by atoms with Gasteiger partial charge in [-0.2, -0.15) is 0 Å². The first-order valence-electron chi connectivity index (χ1n) is 9.56. The van der Waals surface area contributed by atoms with Crippen LogP contribution in [0.4, 0.5) is 0 Å². The first-order valence-corrected chi connectivity index (χ1v) is 12.6. The van der Waals surface area contributed by atoms with E-state index in [9.17, 15) is 0 Å². The molecule has 1 heteroatoms. The second kappa shape index (κ2) is 5.69. The molecule has 3 aromatic carbocycles. The number of allylic oxidation sites excluding steroid dienone is 4. The monoisotopic (exact) mass is 356 g/mol. The highest BCUT2D eigenvalue weighted by atomic mass is 28.3. The van der Waals surface area contributed by atoms with Crippen LogP contribution in [-0.2, 0) is 0 Å². The van der Waals surface area contributed by atoms with Gasteiger partial charge >= 0.3 is 0 Å². The van der Waals surface area contributed by atoms with Crippen molar-refractivity contribution in [3.05, 3.63) is 77.4 Å². The maximum Gasteiger partial charge on any atom is 0.0963 e. The van der Waals surface area contributed by atoms with Gasteiger partial charge in [0.15, 0.2) is 0 Å². The van der Waals surface area contributed by atoms with Crippen LogP contribution in [0.25, 0.3) is 21.5 Å². The van der Waals surface area contributed by atoms with E-state index in [0.29, 0.717) is 0 Å². The Kier molecular flexibility index (Phi) is 3.78. The fraction of sp³-hybridized carbons (Fsp3) is 0.280. The third-order valence-electron chi connectivity index (χ3n) is 7.13. The summed E-state index contributed by atoms with van der Waals surface area (Å²) >= 11 is 0. The van der Waals surface area contributed by atoms with Crippen LogP contribution in [0, 0.1) is 0 Å². The summed E-state index contributed by atoms with van der Waals surface area (Å²) in [6, 6.07) is 20.2. The zero-order valence-electron chi connectivity index (χ0n) is 16.8. The van der Waals surface area contributed by atoms with Crippen molar-refractivity contribution in [1.29, 1.82) is 0 Å². The van der Waals surface area contributed by atoms with Crippen molar-refractivity contribution in [3.8, 4) is 0 Å². The largest absolute Gasteiger partial charge is 0.0963 e. The van der Waals surface area contributed by atoms with Crippen LogP contribution in [0.2, 0.25) is 18.1 Å². The van der Waals surface area contributed by atoms with E-state index >= 15 is 0 Å². The fourth-order valence-electron chi connectivity index (χ4n) is 4.93. The Morgan fingerprint density at radius 2 is 1.27 bits per heavy atom. The first kappa shape index (κ1) is 17.3. The van der Waals surface area contributed by atoms with E-state index in [2.05, 4.69) is 101 Å². The van der Waals surface area contributed by atoms with Crippen molar-refractivity contribution >= 4 is 34.8 Å². The molecule has 132 valence electrons. The third kappa shape index (κ3) is 2.20. The molecule has 26 heavy (non-hydrogen) atoms. The predicted octanol–water partition coefficient (Wildman–Crippen LogP) is 6.97. The minimum absolute atomic E-state index is 0.147. The van der Waals surface area contributed by atoms with Crippen molar-refractivity contribution in [2.75, 3.05) is 0 Å². The third-order valence-corrected chi connectivity index (χ3v) is 12.0. The Labute approximate surface area is 158 Å². The zero-order chi connectivity index (χ0) is 18.7. The van der Waals surface area contributed by atoms with Gasteiger partial charge in [-0.1, -0.05) is 85.8 Å². The van der Waals surface area contributed by atoms with Gasteiger partial charge in [0.05, 0.1) is 8.07 Å². The molecule has 0 amide bonds. The molecule has 1 unspecified atom stereocenters. The zero-order valence-corrected chi connectivity index (χ0v) is 17.8. The van der Waals surface area contributed by atoms with Crippen molar-refractivity contribution in [2.45, 2.75) is 45.8 Å². The van der Waals surface area contributed by atoms with E-state index in [4.69, 9.17) is 0 Å². The summed E-state index contributed by atoms with van der Waals surface area (Å²) in [5.74, 6) is 0. The lowest BCUT2D eigenvalue weighted by Crippen LogP contribution is -2.51. The average Bonchev–Trinajstić information content (AvgIpc) is 2.83. The molecule has 4 rings (SSSR count). The van der Waals surface area contributed by atoms with Gasteiger partial charge in [0.1, 0.15) is 0 Å². The van der Waals surface area contributed by atoms with Gasteiger partial charge in [-0.3, -0.25) is 0 Å². The van der Waals surface area contributed by atoms with Crippen LogP contribution in [0.5, 0.6) is 0 Å². The molecule has 0 saturated heterocycles. The van der Waals surface area contributed by atoms with Crippen molar-refractivity contribution in [3.63, 3.8) is 0 Å². The van der Waals surface area contributed by atoms with Crippen molar-refractivity contribution < 1.29 is 0 Å². The van der Waals surface area contributed by atoms with E-state index in [1.165, 1.54) is 32.7 Å². The second-order valence-corrected chi connectivity index (χ2v) is 13.4. The molecule has 0 nitrogen and oxygen atoms in total. The van der Waals surface area contributed by atoms with Crippen LogP contribution in [0.15, 0.2) is 77.4 Å². The van der Waals surface area contributed by atoms with Crippen molar-refractivity contribution in [2.24, 2.45) is 0 Å². The van der Waals surface area contributed by atoms with Gasteiger partial charge in [0, 0.05) is 5.04 Å². The standard InChI is InChI=1S/C25H28Si/c1-17-16-25(4,19(3)18(17)2)26(5,6)24-22-13-9-7-11-20(22)15-21-12-8-10-14-23(21)24/h7-16H,1-6H3. The van der Waals surface area contributed by atoms with E-state index in [-0.39, 0.29) is 5.04 Å².